The summed E-state index contributed by atoms with van der Waals surface area (Å²) in [6, 6.07) is 0. The Hall–Kier alpha value is -1.36. The molecule has 0 fully saturated rings. The van der Waals surface area contributed by atoms with Gasteiger partial charge in [0.2, 0.25) is 0 Å². The molecule has 5 heteroatoms. The van der Waals surface area contributed by atoms with Gasteiger partial charge < -0.3 is 14.9 Å². The summed E-state index contributed by atoms with van der Waals surface area (Å²) < 4.78 is 4.91. The second-order valence-electron chi connectivity index (χ2n) is 6.38. The number of unbranched alkanes of at least 4 members (excludes halogenated alkanes) is 8. The first-order valence-corrected chi connectivity index (χ1v) is 9.20. The van der Waals surface area contributed by atoms with E-state index in [2.05, 4.69) is 6.92 Å². The van der Waals surface area contributed by atoms with Gasteiger partial charge in [-0.1, -0.05) is 64.0 Å². The van der Waals surface area contributed by atoms with E-state index < -0.39 is 24.0 Å². The number of carbonyl (C=O) groups excluding carboxylic acids is 1. The molecule has 0 aromatic carbocycles. The third kappa shape index (κ3) is 14.2. The van der Waals surface area contributed by atoms with Crippen molar-refractivity contribution < 1.29 is 24.5 Å². The molecule has 0 radical (unpaired) electrons. The van der Waals surface area contributed by atoms with Crippen LogP contribution in [0.3, 0.4) is 0 Å². The van der Waals surface area contributed by atoms with Crippen molar-refractivity contribution in [2.75, 3.05) is 6.61 Å². The third-order valence-electron chi connectivity index (χ3n) is 3.76. The van der Waals surface area contributed by atoms with Crippen molar-refractivity contribution in [3.8, 4) is 0 Å². The van der Waals surface area contributed by atoms with Crippen molar-refractivity contribution in [1.29, 1.82) is 0 Å². The highest BCUT2D eigenvalue weighted by molar-refractivity contribution is 5.80. The molecule has 2 N–H and O–H groups in total. The Morgan fingerprint density at radius 1 is 1.04 bits per heavy atom. The number of carboxylic acid groups (broad SMARTS) is 1. The molecule has 0 rings (SSSR count). The lowest BCUT2D eigenvalue weighted by Crippen LogP contribution is -2.23. The highest BCUT2D eigenvalue weighted by Gasteiger charge is 2.20. The van der Waals surface area contributed by atoms with Crippen LogP contribution in [0.1, 0.15) is 78.1 Å². The smallest absolute Gasteiger partial charge is 0.313 e. The highest BCUT2D eigenvalue weighted by atomic mass is 16.5. The quantitative estimate of drug-likeness (QED) is 0.266. The summed E-state index contributed by atoms with van der Waals surface area (Å²) in [5.41, 5.74) is 0. The van der Waals surface area contributed by atoms with E-state index in [1.807, 2.05) is 6.08 Å². The summed E-state index contributed by atoms with van der Waals surface area (Å²) in [5, 5.41) is 18.0. The maximum Gasteiger partial charge on any atom is 0.313 e. The number of aliphatic hydroxyl groups excluding tert-OH is 1. The van der Waals surface area contributed by atoms with Gasteiger partial charge in [-0.05, 0) is 19.8 Å². The number of hydrogen-bond acceptors (Lipinski definition) is 4. The summed E-state index contributed by atoms with van der Waals surface area (Å²) in [7, 11) is 0. The van der Waals surface area contributed by atoms with Crippen LogP contribution in [0.25, 0.3) is 0 Å². The van der Waals surface area contributed by atoms with Gasteiger partial charge in [0.05, 0.1) is 18.4 Å². The van der Waals surface area contributed by atoms with E-state index in [0.29, 0.717) is 0 Å². The molecular weight excluding hydrogens is 308 g/mol. The summed E-state index contributed by atoms with van der Waals surface area (Å²) in [5.74, 6) is -2.41. The largest absolute Gasteiger partial charge is 0.481 e. The first-order valence-electron chi connectivity index (χ1n) is 9.20. The van der Waals surface area contributed by atoms with Crippen molar-refractivity contribution in [3.05, 3.63) is 12.2 Å². The topological polar surface area (TPSA) is 83.8 Å². The molecule has 0 aliphatic rings. The minimum atomic E-state index is -1.04. The van der Waals surface area contributed by atoms with E-state index >= 15 is 0 Å². The third-order valence-corrected chi connectivity index (χ3v) is 3.76. The zero-order valence-corrected chi connectivity index (χ0v) is 15.2. The highest BCUT2D eigenvalue weighted by Crippen LogP contribution is 2.12. The minimum absolute atomic E-state index is 0.110. The van der Waals surface area contributed by atoms with E-state index in [0.717, 1.165) is 19.3 Å². The normalized spacial score (nSPS) is 13.8. The average Bonchev–Trinajstić information content (AvgIpc) is 2.52. The number of aliphatic hydroxyl groups is 1. The lowest BCUT2D eigenvalue weighted by atomic mass is 10.0. The van der Waals surface area contributed by atoms with Crippen molar-refractivity contribution >= 4 is 11.9 Å². The van der Waals surface area contributed by atoms with Crippen LogP contribution in [-0.2, 0) is 14.3 Å². The molecule has 0 aromatic heterocycles. The molecule has 0 aromatic rings. The van der Waals surface area contributed by atoms with Gasteiger partial charge >= 0.3 is 11.9 Å². The molecule has 0 heterocycles. The van der Waals surface area contributed by atoms with E-state index in [1.54, 1.807) is 6.08 Å². The summed E-state index contributed by atoms with van der Waals surface area (Å²) in [6.07, 6.45) is 13.2. The van der Waals surface area contributed by atoms with Gasteiger partial charge in [-0.2, -0.15) is 0 Å². The van der Waals surface area contributed by atoms with E-state index in [-0.39, 0.29) is 13.0 Å². The Labute approximate surface area is 146 Å². The van der Waals surface area contributed by atoms with Crippen LogP contribution in [0.2, 0.25) is 0 Å². The predicted molar refractivity (Wildman–Crippen MR) is 94.7 cm³/mol. The Balaban J connectivity index is 3.96. The van der Waals surface area contributed by atoms with Crippen LogP contribution >= 0.6 is 0 Å². The van der Waals surface area contributed by atoms with Crippen molar-refractivity contribution in [2.24, 2.45) is 5.92 Å². The Kier molecular flexibility index (Phi) is 14.3. The standard InChI is InChI=1S/C19H34O5/c1-3-4-5-6-7-8-9-10-11-12-13-17(14-18(21)22)19(23)24-15-16(2)20/h12-13,16-17,20H,3-11,14-15H2,1-2H3,(H,21,22). The number of hydrogen-bond donors (Lipinski definition) is 2. The average molecular weight is 342 g/mol. The number of allylic oxidation sites excluding steroid dienone is 1. The zero-order chi connectivity index (χ0) is 18.2. The summed E-state index contributed by atoms with van der Waals surface area (Å²) in [4.78, 5) is 22.7. The lowest BCUT2D eigenvalue weighted by Gasteiger charge is -2.11. The second kappa shape index (κ2) is 15.2. The maximum atomic E-state index is 11.8. The SMILES string of the molecule is CCCCCCCCCCC=CC(CC(=O)O)C(=O)OCC(C)O. The number of aliphatic carboxylic acids is 1. The van der Waals surface area contributed by atoms with Crippen molar-refractivity contribution in [3.63, 3.8) is 0 Å². The fourth-order valence-electron chi connectivity index (χ4n) is 2.38. The molecule has 0 saturated carbocycles. The Morgan fingerprint density at radius 3 is 2.17 bits per heavy atom. The lowest BCUT2D eigenvalue weighted by molar-refractivity contribution is -0.153. The van der Waals surface area contributed by atoms with E-state index in [9.17, 15) is 9.59 Å². The molecule has 2 unspecified atom stereocenters. The van der Waals surface area contributed by atoms with Crippen LogP contribution in [0.4, 0.5) is 0 Å². The number of ether oxygens (including phenoxy) is 1. The molecule has 0 aliphatic heterocycles. The van der Waals surface area contributed by atoms with Gasteiger partial charge in [0.25, 0.3) is 0 Å². The van der Waals surface area contributed by atoms with E-state index in [4.69, 9.17) is 14.9 Å². The van der Waals surface area contributed by atoms with Crippen molar-refractivity contribution in [1.82, 2.24) is 0 Å². The number of esters is 1. The maximum absolute atomic E-state index is 11.8. The molecule has 2 atom stereocenters. The first kappa shape index (κ1) is 22.6. The fourth-order valence-corrected chi connectivity index (χ4v) is 2.38. The second-order valence-corrected chi connectivity index (χ2v) is 6.38. The van der Waals surface area contributed by atoms with Crippen LogP contribution in [0.15, 0.2) is 12.2 Å². The van der Waals surface area contributed by atoms with Crippen LogP contribution in [-0.4, -0.2) is 34.9 Å². The molecule has 5 nitrogen and oxygen atoms in total. The van der Waals surface area contributed by atoms with Crippen LogP contribution < -0.4 is 0 Å². The molecular formula is C19H34O5. The van der Waals surface area contributed by atoms with Gasteiger partial charge in [-0.3, -0.25) is 9.59 Å². The van der Waals surface area contributed by atoms with Gasteiger partial charge in [-0.15, -0.1) is 0 Å². The first-order chi connectivity index (χ1) is 11.5. The molecule has 140 valence electrons. The number of rotatable bonds is 15. The van der Waals surface area contributed by atoms with Gasteiger partial charge in [0.15, 0.2) is 0 Å². The van der Waals surface area contributed by atoms with Crippen LogP contribution in [0, 0.1) is 5.92 Å². The minimum Gasteiger partial charge on any atom is -0.481 e. The van der Waals surface area contributed by atoms with E-state index in [1.165, 1.54) is 45.4 Å². The summed E-state index contributed by atoms with van der Waals surface area (Å²) >= 11 is 0. The molecule has 0 aliphatic carbocycles. The monoisotopic (exact) mass is 342 g/mol. The van der Waals surface area contributed by atoms with Crippen LogP contribution in [0.5, 0.6) is 0 Å². The number of carboxylic acids is 1. The predicted octanol–water partition coefficient (Wildman–Crippen LogP) is 4.09. The van der Waals surface area contributed by atoms with Gasteiger partial charge in [0.1, 0.15) is 6.61 Å². The van der Waals surface area contributed by atoms with Crippen molar-refractivity contribution in [2.45, 2.75) is 84.2 Å². The Bertz CT molecular complexity index is 363. The molecule has 0 bridgehead atoms. The fraction of sp³-hybridized carbons (Fsp3) is 0.789. The molecule has 0 amide bonds. The molecule has 0 saturated heterocycles. The molecule has 0 spiro atoms. The zero-order valence-electron chi connectivity index (χ0n) is 15.2. The molecule has 24 heavy (non-hydrogen) atoms. The Morgan fingerprint density at radius 2 is 1.62 bits per heavy atom. The van der Waals surface area contributed by atoms with Gasteiger partial charge in [-0.25, -0.2) is 0 Å². The summed E-state index contributed by atoms with van der Waals surface area (Å²) in [6.45, 7) is 3.61. The number of carbonyl (C=O) groups is 2. The van der Waals surface area contributed by atoms with Gasteiger partial charge in [0, 0.05) is 0 Å².